The number of benzene rings is 1. The highest BCUT2D eigenvalue weighted by molar-refractivity contribution is 9.11. The summed E-state index contributed by atoms with van der Waals surface area (Å²) in [4.78, 5) is 12.7. The summed E-state index contributed by atoms with van der Waals surface area (Å²) in [6, 6.07) is 11.9. The van der Waals surface area contributed by atoms with Crippen LogP contribution in [0.5, 0.6) is 5.75 Å². The van der Waals surface area contributed by atoms with E-state index >= 15 is 0 Å². The van der Waals surface area contributed by atoms with E-state index in [1.54, 1.807) is 36.4 Å². The minimum absolute atomic E-state index is 0.0777. The Bertz CT molecular complexity index is 1000. The molecule has 1 saturated heterocycles. The van der Waals surface area contributed by atoms with Crippen LogP contribution in [-0.4, -0.2) is 38.3 Å². The van der Waals surface area contributed by atoms with E-state index < -0.39 is 15.9 Å². The van der Waals surface area contributed by atoms with Crippen molar-refractivity contribution in [3.05, 3.63) is 40.2 Å². The highest BCUT2D eigenvalue weighted by Gasteiger charge is 2.34. The van der Waals surface area contributed by atoms with Crippen LogP contribution in [0.25, 0.3) is 0 Å². The Hall–Kier alpha value is -1.93. The molecule has 1 atom stereocenters. The number of carbonyl (C=O) groups is 1. The summed E-state index contributed by atoms with van der Waals surface area (Å²) in [5.41, 5.74) is 0.544. The van der Waals surface area contributed by atoms with E-state index in [-0.39, 0.29) is 23.3 Å². The number of halogens is 1. The van der Waals surface area contributed by atoms with Gasteiger partial charge in [0.1, 0.15) is 16.0 Å². The van der Waals surface area contributed by atoms with E-state index in [0.29, 0.717) is 30.8 Å². The molecule has 2 aromatic rings. The van der Waals surface area contributed by atoms with E-state index in [2.05, 4.69) is 21.2 Å². The zero-order valence-corrected chi connectivity index (χ0v) is 18.0. The fourth-order valence-electron chi connectivity index (χ4n) is 2.96. The Morgan fingerprint density at radius 3 is 2.93 bits per heavy atom. The quantitative estimate of drug-likeness (QED) is 0.677. The molecule has 1 aromatic carbocycles. The number of nitrogens with zero attached hydrogens (tertiary/aromatic N) is 2. The number of nitriles is 1. The van der Waals surface area contributed by atoms with E-state index in [1.165, 1.54) is 4.31 Å². The standard InChI is InChI=1S/C18H18BrN3O4S2/c19-16-6-7-17(27-16)28(24,25)22-9-2-3-13(12-22)18(23)21-14-4-1-5-15(11-14)26-10-8-20/h1,4-7,11,13H,2-3,9-10,12H2,(H,21,23). The SMILES string of the molecule is N#CCOc1cccc(NC(=O)C2CCCN(S(=O)(=O)c3ccc(Br)s3)C2)c1. The van der Waals surface area contributed by atoms with Crippen molar-refractivity contribution < 1.29 is 17.9 Å². The van der Waals surface area contributed by atoms with Gasteiger partial charge in [-0.05, 0) is 53.0 Å². The number of hydrogen-bond acceptors (Lipinski definition) is 6. The van der Waals surface area contributed by atoms with Gasteiger partial charge in [-0.15, -0.1) is 11.3 Å². The molecule has 28 heavy (non-hydrogen) atoms. The van der Waals surface area contributed by atoms with Crippen LogP contribution in [0, 0.1) is 17.2 Å². The van der Waals surface area contributed by atoms with E-state index in [4.69, 9.17) is 10.00 Å². The molecule has 1 aliphatic rings. The predicted molar refractivity (Wildman–Crippen MR) is 110 cm³/mol. The van der Waals surface area contributed by atoms with Crippen molar-refractivity contribution in [2.24, 2.45) is 5.92 Å². The van der Waals surface area contributed by atoms with Gasteiger partial charge in [0.25, 0.3) is 10.0 Å². The van der Waals surface area contributed by atoms with Gasteiger partial charge in [0.15, 0.2) is 6.61 Å². The van der Waals surface area contributed by atoms with Crippen LogP contribution in [0.1, 0.15) is 12.8 Å². The summed E-state index contributed by atoms with van der Waals surface area (Å²) in [6.45, 7) is 0.471. The van der Waals surface area contributed by atoms with Gasteiger partial charge in [0.05, 0.1) is 9.70 Å². The Kier molecular flexibility index (Phi) is 6.72. The highest BCUT2D eigenvalue weighted by Crippen LogP contribution is 2.31. The second-order valence-corrected chi connectivity index (χ2v) is 10.9. The van der Waals surface area contributed by atoms with Crippen molar-refractivity contribution in [2.75, 3.05) is 25.0 Å². The number of ether oxygens (including phenoxy) is 1. The summed E-state index contributed by atoms with van der Waals surface area (Å²) in [5.74, 6) is -0.184. The maximum Gasteiger partial charge on any atom is 0.252 e. The van der Waals surface area contributed by atoms with Crippen molar-refractivity contribution in [1.82, 2.24) is 4.31 Å². The Balaban J connectivity index is 1.67. The third-order valence-electron chi connectivity index (χ3n) is 4.30. The molecule has 1 aliphatic heterocycles. The van der Waals surface area contributed by atoms with E-state index in [9.17, 15) is 13.2 Å². The fourth-order valence-corrected chi connectivity index (χ4v) is 6.65. The maximum absolute atomic E-state index is 12.8. The van der Waals surface area contributed by atoms with Crippen LogP contribution >= 0.6 is 27.3 Å². The number of sulfonamides is 1. The molecule has 1 aromatic heterocycles. The van der Waals surface area contributed by atoms with Gasteiger partial charge in [-0.2, -0.15) is 9.57 Å². The molecule has 10 heteroatoms. The molecule has 0 saturated carbocycles. The minimum atomic E-state index is -3.61. The van der Waals surface area contributed by atoms with Crippen LogP contribution in [0.15, 0.2) is 44.4 Å². The van der Waals surface area contributed by atoms with Gasteiger partial charge in [-0.25, -0.2) is 8.42 Å². The van der Waals surface area contributed by atoms with Gasteiger partial charge in [-0.1, -0.05) is 6.07 Å². The summed E-state index contributed by atoms with van der Waals surface area (Å²) >= 11 is 4.44. The molecule has 0 aliphatic carbocycles. The number of amides is 1. The van der Waals surface area contributed by atoms with Gasteiger partial charge in [-0.3, -0.25) is 4.79 Å². The first-order chi connectivity index (χ1) is 13.4. The lowest BCUT2D eigenvalue weighted by atomic mass is 9.98. The monoisotopic (exact) mass is 483 g/mol. The zero-order valence-electron chi connectivity index (χ0n) is 14.8. The van der Waals surface area contributed by atoms with E-state index in [1.807, 2.05) is 6.07 Å². The lowest BCUT2D eigenvalue weighted by Gasteiger charge is -2.30. The van der Waals surface area contributed by atoms with E-state index in [0.717, 1.165) is 15.1 Å². The van der Waals surface area contributed by atoms with Gasteiger partial charge >= 0.3 is 0 Å². The van der Waals surface area contributed by atoms with Crippen molar-refractivity contribution in [3.8, 4) is 11.8 Å². The van der Waals surface area contributed by atoms with Gasteiger partial charge in [0, 0.05) is 24.8 Å². The summed E-state index contributed by atoms with van der Waals surface area (Å²) < 4.78 is 33.3. The molecule has 0 bridgehead atoms. The van der Waals surface area contributed by atoms with Crippen molar-refractivity contribution in [1.29, 1.82) is 5.26 Å². The normalized spacial score (nSPS) is 17.6. The zero-order chi connectivity index (χ0) is 20.1. The molecule has 0 radical (unpaired) electrons. The van der Waals surface area contributed by atoms with Crippen LogP contribution in [0.2, 0.25) is 0 Å². The molecule has 7 nitrogen and oxygen atoms in total. The number of anilines is 1. The average Bonchev–Trinajstić information content (AvgIpc) is 3.14. The first-order valence-electron chi connectivity index (χ1n) is 8.56. The average molecular weight is 484 g/mol. The van der Waals surface area contributed by atoms with Crippen LogP contribution < -0.4 is 10.1 Å². The summed E-state index contributed by atoms with van der Waals surface area (Å²) in [7, 11) is -3.61. The molecule has 1 unspecified atom stereocenters. The second-order valence-electron chi connectivity index (χ2n) is 6.22. The van der Waals surface area contributed by atoms with Crippen LogP contribution in [0.4, 0.5) is 5.69 Å². The minimum Gasteiger partial charge on any atom is -0.479 e. The lowest BCUT2D eigenvalue weighted by molar-refractivity contribution is -0.120. The topological polar surface area (TPSA) is 99.5 Å². The van der Waals surface area contributed by atoms with Crippen molar-refractivity contribution >= 4 is 48.9 Å². The lowest BCUT2D eigenvalue weighted by Crippen LogP contribution is -2.43. The molecule has 1 fully saturated rings. The molecule has 1 N–H and O–H groups in total. The summed E-state index contributed by atoms with van der Waals surface area (Å²) in [5, 5.41) is 11.4. The maximum atomic E-state index is 12.8. The fraction of sp³-hybridized carbons (Fsp3) is 0.333. The number of nitrogens with one attached hydrogen (secondary N) is 1. The molecular formula is C18H18BrN3O4S2. The first kappa shape index (κ1) is 20.8. The Labute approximate surface area is 176 Å². The highest BCUT2D eigenvalue weighted by atomic mass is 79.9. The molecule has 2 heterocycles. The molecule has 3 rings (SSSR count). The molecular weight excluding hydrogens is 466 g/mol. The van der Waals surface area contributed by atoms with Crippen LogP contribution in [-0.2, 0) is 14.8 Å². The molecule has 1 amide bonds. The Morgan fingerprint density at radius 2 is 2.21 bits per heavy atom. The van der Waals surface area contributed by atoms with Crippen molar-refractivity contribution in [2.45, 2.75) is 17.1 Å². The van der Waals surface area contributed by atoms with Crippen LogP contribution in [0.3, 0.4) is 0 Å². The Morgan fingerprint density at radius 1 is 1.39 bits per heavy atom. The van der Waals surface area contributed by atoms with Crippen molar-refractivity contribution in [3.63, 3.8) is 0 Å². The number of rotatable bonds is 6. The summed E-state index contributed by atoms with van der Waals surface area (Å²) in [6.07, 6.45) is 1.24. The predicted octanol–water partition coefficient (Wildman–Crippen LogP) is 3.45. The third kappa shape index (κ3) is 4.91. The second kappa shape index (κ2) is 9.05. The first-order valence-corrected chi connectivity index (χ1v) is 11.6. The number of hydrogen-bond donors (Lipinski definition) is 1. The number of thiophene rings is 1. The smallest absolute Gasteiger partial charge is 0.252 e. The largest absolute Gasteiger partial charge is 0.479 e. The molecule has 148 valence electrons. The van der Waals surface area contributed by atoms with Gasteiger partial charge in [0.2, 0.25) is 5.91 Å². The molecule has 0 spiro atoms. The number of carbonyl (C=O) groups excluding carboxylic acids is 1. The van der Waals surface area contributed by atoms with Gasteiger partial charge < -0.3 is 10.1 Å². The third-order valence-corrected chi connectivity index (χ3v) is 8.26. The number of piperidine rings is 1.